The van der Waals surface area contributed by atoms with Crippen molar-refractivity contribution < 1.29 is 14.7 Å². The first-order chi connectivity index (χ1) is 9.80. The van der Waals surface area contributed by atoms with Crippen LogP contribution in [0.3, 0.4) is 0 Å². The van der Waals surface area contributed by atoms with E-state index in [1.54, 1.807) is 0 Å². The van der Waals surface area contributed by atoms with Gasteiger partial charge in [0, 0.05) is 26.1 Å². The molecular formula is C16H30N2O3. The molecule has 0 saturated carbocycles. The number of amides is 2. The smallest absolute Gasteiger partial charge is 0.317 e. The summed E-state index contributed by atoms with van der Waals surface area (Å²) in [5.41, 5.74) is 0.0608. The number of urea groups is 1. The standard InChI is InChI=1S/C16H30N2O3/c1-16(2,3)13(7-8-14(19)20)9-10-17-15(21)18-11-5-4-6-12-18/h13H,4-12H2,1-3H3,(H,17,21)(H,19,20). The highest BCUT2D eigenvalue weighted by atomic mass is 16.4. The first-order valence-electron chi connectivity index (χ1n) is 8.05. The van der Waals surface area contributed by atoms with Crippen LogP contribution in [0.1, 0.15) is 59.3 Å². The summed E-state index contributed by atoms with van der Waals surface area (Å²) in [5, 5.41) is 11.8. The van der Waals surface area contributed by atoms with E-state index in [0.717, 1.165) is 32.4 Å². The summed E-state index contributed by atoms with van der Waals surface area (Å²) in [6, 6.07) is 0.0283. The molecule has 122 valence electrons. The molecule has 2 N–H and O–H groups in total. The Bertz CT molecular complexity index is 344. The van der Waals surface area contributed by atoms with E-state index >= 15 is 0 Å². The van der Waals surface area contributed by atoms with E-state index in [0.29, 0.717) is 18.9 Å². The molecule has 0 spiro atoms. The van der Waals surface area contributed by atoms with E-state index in [-0.39, 0.29) is 17.9 Å². The van der Waals surface area contributed by atoms with Crippen LogP contribution in [0.2, 0.25) is 0 Å². The topological polar surface area (TPSA) is 69.6 Å². The molecule has 1 aliphatic heterocycles. The van der Waals surface area contributed by atoms with Gasteiger partial charge in [-0.25, -0.2) is 4.79 Å². The minimum atomic E-state index is -0.749. The molecule has 0 bridgehead atoms. The number of nitrogens with zero attached hydrogens (tertiary/aromatic N) is 1. The van der Waals surface area contributed by atoms with Crippen molar-refractivity contribution in [1.82, 2.24) is 10.2 Å². The Morgan fingerprint density at radius 1 is 1.14 bits per heavy atom. The van der Waals surface area contributed by atoms with Crippen LogP contribution in [0.4, 0.5) is 4.79 Å². The second-order valence-electron chi connectivity index (χ2n) is 7.06. The first kappa shape index (κ1) is 17.8. The highest BCUT2D eigenvalue weighted by molar-refractivity contribution is 5.74. The number of carbonyl (C=O) groups excluding carboxylic acids is 1. The van der Waals surface area contributed by atoms with Gasteiger partial charge in [0.05, 0.1) is 0 Å². The molecular weight excluding hydrogens is 268 g/mol. The molecule has 5 nitrogen and oxygen atoms in total. The molecule has 2 amide bonds. The van der Waals surface area contributed by atoms with Gasteiger partial charge < -0.3 is 15.3 Å². The number of rotatable bonds is 6. The van der Waals surface area contributed by atoms with Crippen molar-refractivity contribution in [3.05, 3.63) is 0 Å². The van der Waals surface area contributed by atoms with Gasteiger partial charge in [0.25, 0.3) is 0 Å². The van der Waals surface area contributed by atoms with Gasteiger partial charge in [0.2, 0.25) is 0 Å². The number of carboxylic acids is 1. The van der Waals surface area contributed by atoms with Gasteiger partial charge in [-0.1, -0.05) is 20.8 Å². The fourth-order valence-corrected chi connectivity index (χ4v) is 2.87. The molecule has 1 unspecified atom stereocenters. The molecule has 0 radical (unpaired) electrons. The largest absolute Gasteiger partial charge is 0.481 e. The molecule has 1 atom stereocenters. The summed E-state index contributed by atoms with van der Waals surface area (Å²) >= 11 is 0. The fourth-order valence-electron chi connectivity index (χ4n) is 2.87. The molecule has 1 fully saturated rings. The van der Waals surface area contributed by atoms with Crippen molar-refractivity contribution in [2.24, 2.45) is 11.3 Å². The van der Waals surface area contributed by atoms with Crippen molar-refractivity contribution >= 4 is 12.0 Å². The van der Waals surface area contributed by atoms with E-state index in [4.69, 9.17) is 5.11 Å². The van der Waals surface area contributed by atoms with Crippen LogP contribution in [0.25, 0.3) is 0 Å². The molecule has 0 aromatic heterocycles. The number of piperidine rings is 1. The molecule has 21 heavy (non-hydrogen) atoms. The summed E-state index contributed by atoms with van der Waals surface area (Å²) < 4.78 is 0. The zero-order valence-electron chi connectivity index (χ0n) is 13.7. The van der Waals surface area contributed by atoms with Crippen molar-refractivity contribution in [2.75, 3.05) is 19.6 Å². The lowest BCUT2D eigenvalue weighted by molar-refractivity contribution is -0.137. The summed E-state index contributed by atoms with van der Waals surface area (Å²) in [6.07, 6.45) is 5.09. The second-order valence-corrected chi connectivity index (χ2v) is 7.06. The molecule has 1 rings (SSSR count). The van der Waals surface area contributed by atoms with Crippen LogP contribution in [0.5, 0.6) is 0 Å². The summed E-state index contributed by atoms with van der Waals surface area (Å²) in [6.45, 7) is 8.72. The van der Waals surface area contributed by atoms with Gasteiger partial charge >= 0.3 is 12.0 Å². The van der Waals surface area contributed by atoms with Crippen LogP contribution >= 0.6 is 0 Å². The predicted octanol–water partition coefficient (Wildman–Crippen LogP) is 3.10. The zero-order chi connectivity index (χ0) is 15.9. The summed E-state index contributed by atoms with van der Waals surface area (Å²) in [4.78, 5) is 24.6. The molecule has 1 heterocycles. The van der Waals surface area contributed by atoms with E-state index in [1.165, 1.54) is 6.42 Å². The van der Waals surface area contributed by atoms with Gasteiger partial charge in [0.15, 0.2) is 0 Å². The van der Waals surface area contributed by atoms with Crippen LogP contribution in [0, 0.1) is 11.3 Å². The van der Waals surface area contributed by atoms with E-state index < -0.39 is 5.97 Å². The van der Waals surface area contributed by atoms with E-state index in [2.05, 4.69) is 26.1 Å². The molecule has 0 aromatic rings. The minimum Gasteiger partial charge on any atom is -0.481 e. The lowest BCUT2D eigenvalue weighted by atomic mass is 9.76. The van der Waals surface area contributed by atoms with Crippen molar-refractivity contribution in [1.29, 1.82) is 0 Å². The van der Waals surface area contributed by atoms with Gasteiger partial charge in [-0.05, 0) is 43.4 Å². The maximum absolute atomic E-state index is 12.0. The Kier molecular flexibility index (Phi) is 6.99. The van der Waals surface area contributed by atoms with Gasteiger partial charge in [-0.15, -0.1) is 0 Å². The van der Waals surface area contributed by atoms with Gasteiger partial charge in [0.1, 0.15) is 0 Å². The Morgan fingerprint density at radius 2 is 1.76 bits per heavy atom. The quantitative estimate of drug-likeness (QED) is 0.791. The summed E-state index contributed by atoms with van der Waals surface area (Å²) in [7, 11) is 0. The Balaban J connectivity index is 2.34. The number of hydrogen-bond donors (Lipinski definition) is 2. The second kappa shape index (κ2) is 8.25. The normalized spacial score (nSPS) is 17.4. The van der Waals surface area contributed by atoms with Gasteiger partial charge in [-0.2, -0.15) is 0 Å². The lowest BCUT2D eigenvalue weighted by Gasteiger charge is -2.31. The van der Waals surface area contributed by atoms with Crippen LogP contribution in [-0.4, -0.2) is 41.6 Å². The number of likely N-dealkylation sites (tertiary alicyclic amines) is 1. The molecule has 1 saturated heterocycles. The van der Waals surface area contributed by atoms with Crippen LogP contribution < -0.4 is 5.32 Å². The van der Waals surface area contributed by atoms with Crippen molar-refractivity contribution in [3.63, 3.8) is 0 Å². The third-order valence-corrected chi connectivity index (χ3v) is 4.34. The fraction of sp³-hybridized carbons (Fsp3) is 0.875. The van der Waals surface area contributed by atoms with Crippen molar-refractivity contribution in [2.45, 2.75) is 59.3 Å². The average Bonchev–Trinajstić information content (AvgIpc) is 2.41. The number of carboxylic acid groups (broad SMARTS) is 1. The lowest BCUT2D eigenvalue weighted by Crippen LogP contribution is -2.43. The van der Waals surface area contributed by atoms with E-state index in [1.807, 2.05) is 4.90 Å². The zero-order valence-corrected chi connectivity index (χ0v) is 13.7. The van der Waals surface area contributed by atoms with E-state index in [9.17, 15) is 9.59 Å². The minimum absolute atomic E-state index is 0.0283. The average molecular weight is 298 g/mol. The first-order valence-corrected chi connectivity index (χ1v) is 8.05. The third kappa shape index (κ3) is 6.82. The maximum Gasteiger partial charge on any atom is 0.317 e. The molecule has 0 aromatic carbocycles. The predicted molar refractivity (Wildman–Crippen MR) is 83.3 cm³/mol. The summed E-state index contributed by atoms with van der Waals surface area (Å²) in [5.74, 6) is -0.447. The highest BCUT2D eigenvalue weighted by Crippen LogP contribution is 2.32. The highest BCUT2D eigenvalue weighted by Gasteiger charge is 2.25. The SMILES string of the molecule is CC(C)(C)C(CCNC(=O)N1CCCCC1)CCC(=O)O. The number of carbonyl (C=O) groups is 2. The van der Waals surface area contributed by atoms with Crippen LogP contribution in [-0.2, 0) is 4.79 Å². The molecule has 1 aliphatic rings. The Morgan fingerprint density at radius 3 is 2.29 bits per heavy atom. The third-order valence-electron chi connectivity index (χ3n) is 4.34. The number of aliphatic carboxylic acids is 1. The van der Waals surface area contributed by atoms with Crippen LogP contribution in [0.15, 0.2) is 0 Å². The maximum atomic E-state index is 12.0. The van der Waals surface area contributed by atoms with Gasteiger partial charge in [-0.3, -0.25) is 4.79 Å². The number of hydrogen-bond acceptors (Lipinski definition) is 2. The Hall–Kier alpha value is -1.26. The molecule has 0 aliphatic carbocycles. The monoisotopic (exact) mass is 298 g/mol. The Labute approximate surface area is 128 Å². The number of nitrogens with one attached hydrogen (secondary N) is 1. The molecule has 5 heteroatoms. The van der Waals surface area contributed by atoms with Crippen molar-refractivity contribution in [3.8, 4) is 0 Å².